The minimum absolute atomic E-state index is 0.247. The molecule has 1 aromatic carbocycles. The summed E-state index contributed by atoms with van der Waals surface area (Å²) < 4.78 is 13.0. The van der Waals surface area contributed by atoms with Gasteiger partial charge < -0.3 is 15.7 Å². The van der Waals surface area contributed by atoms with Crippen molar-refractivity contribution in [2.24, 2.45) is 0 Å². The highest BCUT2D eigenvalue weighted by Gasteiger charge is 2.13. The first-order chi connectivity index (χ1) is 7.54. The summed E-state index contributed by atoms with van der Waals surface area (Å²) in [6.45, 7) is 1.91. The van der Waals surface area contributed by atoms with E-state index in [1.54, 1.807) is 26.1 Å². The summed E-state index contributed by atoms with van der Waals surface area (Å²) in [5.41, 5.74) is 1.24. The molecule has 0 aliphatic heterocycles. The van der Waals surface area contributed by atoms with E-state index < -0.39 is 12.0 Å². The molecule has 0 heterocycles. The third-order valence-corrected chi connectivity index (χ3v) is 2.31. The Kier molecular flexibility index (Phi) is 4.25. The fourth-order valence-electron chi connectivity index (χ4n) is 1.29. The van der Waals surface area contributed by atoms with Crippen molar-refractivity contribution >= 4 is 11.7 Å². The van der Waals surface area contributed by atoms with E-state index in [0.717, 1.165) is 0 Å². The monoisotopic (exact) mass is 226 g/mol. The number of hydrogen-bond donors (Lipinski definition) is 3. The van der Waals surface area contributed by atoms with Gasteiger partial charge in [-0.3, -0.25) is 4.79 Å². The number of carboxylic acids is 1. The average Bonchev–Trinajstić information content (AvgIpc) is 2.23. The molecule has 16 heavy (non-hydrogen) atoms. The van der Waals surface area contributed by atoms with Gasteiger partial charge in [-0.25, -0.2) is 4.39 Å². The van der Waals surface area contributed by atoms with Crippen molar-refractivity contribution in [3.63, 3.8) is 0 Å². The van der Waals surface area contributed by atoms with E-state index in [2.05, 4.69) is 10.6 Å². The van der Waals surface area contributed by atoms with E-state index in [1.807, 2.05) is 0 Å². The third kappa shape index (κ3) is 3.20. The summed E-state index contributed by atoms with van der Waals surface area (Å²) in [6.07, 6.45) is 0. The molecule has 3 N–H and O–H groups in total. The molecule has 0 radical (unpaired) electrons. The summed E-state index contributed by atoms with van der Waals surface area (Å²) in [4.78, 5) is 10.7. The van der Waals surface area contributed by atoms with Gasteiger partial charge in [-0.1, -0.05) is 0 Å². The van der Waals surface area contributed by atoms with Gasteiger partial charge in [0, 0.05) is 12.2 Å². The lowest BCUT2D eigenvalue weighted by Crippen LogP contribution is -2.39. The van der Waals surface area contributed by atoms with Crippen LogP contribution in [0.25, 0.3) is 0 Å². The van der Waals surface area contributed by atoms with Gasteiger partial charge in [0.25, 0.3) is 0 Å². The second-order valence-electron chi connectivity index (χ2n) is 3.52. The Hall–Kier alpha value is -1.62. The minimum Gasteiger partial charge on any atom is -0.480 e. The fraction of sp³-hybridized carbons (Fsp3) is 0.364. The molecule has 1 atom stereocenters. The molecule has 0 bridgehead atoms. The van der Waals surface area contributed by atoms with Crippen LogP contribution in [0.2, 0.25) is 0 Å². The predicted octanol–water partition coefficient (Wildman–Crippen LogP) is 1.22. The van der Waals surface area contributed by atoms with Gasteiger partial charge in [0.2, 0.25) is 0 Å². The molecule has 0 aliphatic rings. The average molecular weight is 226 g/mol. The zero-order chi connectivity index (χ0) is 12.1. The summed E-state index contributed by atoms with van der Waals surface area (Å²) >= 11 is 0. The molecular formula is C11H15FN2O2. The van der Waals surface area contributed by atoms with Gasteiger partial charge in [-0.05, 0) is 37.7 Å². The number of aryl methyl sites for hydroxylation is 1. The van der Waals surface area contributed by atoms with Crippen molar-refractivity contribution in [1.29, 1.82) is 0 Å². The second-order valence-corrected chi connectivity index (χ2v) is 3.52. The molecule has 0 amide bonds. The first-order valence-corrected chi connectivity index (χ1v) is 4.94. The Bertz CT molecular complexity index is 382. The molecule has 1 aromatic rings. The number of hydrogen-bond acceptors (Lipinski definition) is 3. The SMILES string of the molecule is CNC(CNc1ccc(F)c(C)c1)C(=O)O. The number of rotatable bonds is 5. The normalized spacial score (nSPS) is 12.2. The highest BCUT2D eigenvalue weighted by Crippen LogP contribution is 2.13. The molecule has 1 rings (SSSR count). The van der Waals surface area contributed by atoms with Crippen LogP contribution < -0.4 is 10.6 Å². The predicted molar refractivity (Wildman–Crippen MR) is 60.1 cm³/mol. The van der Waals surface area contributed by atoms with Crippen molar-refractivity contribution < 1.29 is 14.3 Å². The van der Waals surface area contributed by atoms with Crippen LogP contribution in [0.3, 0.4) is 0 Å². The lowest BCUT2D eigenvalue weighted by Gasteiger charge is -2.13. The maximum atomic E-state index is 13.0. The Morgan fingerprint density at radius 3 is 2.75 bits per heavy atom. The number of halogens is 1. The lowest BCUT2D eigenvalue weighted by molar-refractivity contribution is -0.138. The van der Waals surface area contributed by atoms with Crippen LogP contribution in [0.1, 0.15) is 5.56 Å². The molecule has 0 aromatic heterocycles. The van der Waals surface area contributed by atoms with Crippen molar-refractivity contribution in [2.45, 2.75) is 13.0 Å². The Balaban J connectivity index is 2.60. The maximum absolute atomic E-state index is 13.0. The quantitative estimate of drug-likeness (QED) is 0.706. The van der Waals surface area contributed by atoms with Crippen LogP contribution in [0.4, 0.5) is 10.1 Å². The molecule has 0 aliphatic carbocycles. The number of anilines is 1. The van der Waals surface area contributed by atoms with E-state index in [1.165, 1.54) is 6.07 Å². The van der Waals surface area contributed by atoms with Gasteiger partial charge in [-0.2, -0.15) is 0 Å². The smallest absolute Gasteiger partial charge is 0.322 e. The molecule has 0 fully saturated rings. The first-order valence-electron chi connectivity index (χ1n) is 4.94. The number of carbonyl (C=O) groups is 1. The van der Waals surface area contributed by atoms with Gasteiger partial charge >= 0.3 is 5.97 Å². The van der Waals surface area contributed by atoms with E-state index >= 15 is 0 Å². The standard InChI is InChI=1S/C11H15FN2O2/c1-7-5-8(3-4-9(7)12)14-6-10(13-2)11(15)16/h3-5,10,13-14H,6H2,1-2H3,(H,15,16). The van der Waals surface area contributed by atoms with Gasteiger partial charge in [0.1, 0.15) is 11.9 Å². The van der Waals surface area contributed by atoms with Crippen LogP contribution in [-0.2, 0) is 4.79 Å². The highest BCUT2D eigenvalue weighted by molar-refractivity contribution is 5.74. The van der Waals surface area contributed by atoms with Gasteiger partial charge in [-0.15, -0.1) is 0 Å². The van der Waals surface area contributed by atoms with Crippen LogP contribution in [0, 0.1) is 12.7 Å². The van der Waals surface area contributed by atoms with Crippen LogP contribution in [-0.4, -0.2) is 30.7 Å². The number of likely N-dealkylation sites (N-methyl/N-ethyl adjacent to an activating group) is 1. The first kappa shape index (κ1) is 12.4. The highest BCUT2D eigenvalue weighted by atomic mass is 19.1. The molecular weight excluding hydrogens is 211 g/mol. The number of aliphatic carboxylic acids is 1. The van der Waals surface area contributed by atoms with Gasteiger partial charge in [0.05, 0.1) is 0 Å². The van der Waals surface area contributed by atoms with Crippen molar-refractivity contribution in [2.75, 3.05) is 18.9 Å². The molecule has 0 saturated heterocycles. The van der Waals surface area contributed by atoms with Crippen LogP contribution in [0.15, 0.2) is 18.2 Å². The topological polar surface area (TPSA) is 61.4 Å². The van der Waals surface area contributed by atoms with Gasteiger partial charge in [0.15, 0.2) is 0 Å². The third-order valence-electron chi connectivity index (χ3n) is 2.31. The zero-order valence-corrected chi connectivity index (χ0v) is 9.25. The largest absolute Gasteiger partial charge is 0.480 e. The summed E-state index contributed by atoms with van der Waals surface area (Å²) in [5.74, 6) is -1.19. The molecule has 4 nitrogen and oxygen atoms in total. The summed E-state index contributed by atoms with van der Waals surface area (Å²) in [7, 11) is 1.58. The van der Waals surface area contributed by atoms with Crippen LogP contribution >= 0.6 is 0 Å². The van der Waals surface area contributed by atoms with E-state index in [9.17, 15) is 9.18 Å². The van der Waals surface area contributed by atoms with Crippen LogP contribution in [0.5, 0.6) is 0 Å². The minimum atomic E-state index is -0.922. The number of carboxylic acid groups (broad SMARTS) is 1. The molecule has 88 valence electrons. The van der Waals surface area contributed by atoms with E-state index in [0.29, 0.717) is 11.3 Å². The van der Waals surface area contributed by atoms with Crippen molar-refractivity contribution in [3.05, 3.63) is 29.6 Å². The fourth-order valence-corrected chi connectivity index (χ4v) is 1.29. The molecule has 5 heteroatoms. The Morgan fingerprint density at radius 1 is 1.56 bits per heavy atom. The molecule has 0 spiro atoms. The summed E-state index contributed by atoms with van der Waals surface area (Å²) in [6, 6.07) is 3.92. The zero-order valence-electron chi connectivity index (χ0n) is 9.25. The van der Waals surface area contributed by atoms with E-state index in [4.69, 9.17) is 5.11 Å². The van der Waals surface area contributed by atoms with Crippen molar-refractivity contribution in [1.82, 2.24) is 5.32 Å². The maximum Gasteiger partial charge on any atom is 0.322 e. The second kappa shape index (κ2) is 5.46. The molecule has 1 unspecified atom stereocenters. The summed E-state index contributed by atoms with van der Waals surface area (Å²) in [5, 5.41) is 14.4. The number of benzene rings is 1. The number of nitrogens with one attached hydrogen (secondary N) is 2. The molecule has 0 saturated carbocycles. The Morgan fingerprint density at radius 2 is 2.25 bits per heavy atom. The Labute approximate surface area is 93.5 Å². The van der Waals surface area contributed by atoms with E-state index in [-0.39, 0.29) is 12.4 Å². The van der Waals surface area contributed by atoms with Crippen molar-refractivity contribution in [3.8, 4) is 0 Å². The lowest BCUT2D eigenvalue weighted by atomic mass is 10.2.